The van der Waals surface area contributed by atoms with Crippen molar-refractivity contribution >= 4 is 11.8 Å². The van der Waals surface area contributed by atoms with Crippen LogP contribution in [0.4, 0.5) is 0 Å². The highest BCUT2D eigenvalue weighted by atomic mass is 32.2. The van der Waals surface area contributed by atoms with Crippen molar-refractivity contribution in [1.82, 2.24) is 4.90 Å². The zero-order valence-corrected chi connectivity index (χ0v) is 13.8. The van der Waals surface area contributed by atoms with Gasteiger partial charge in [0.1, 0.15) is 18.5 Å². The minimum Gasteiger partial charge on any atom is -0.491 e. The Labute approximate surface area is 131 Å². The molecule has 0 spiro atoms. The van der Waals surface area contributed by atoms with Crippen LogP contribution in [-0.4, -0.2) is 54.4 Å². The van der Waals surface area contributed by atoms with E-state index in [9.17, 15) is 5.11 Å². The zero-order valence-electron chi connectivity index (χ0n) is 13.0. The van der Waals surface area contributed by atoms with E-state index in [4.69, 9.17) is 10.00 Å². The number of hydrogen-bond acceptors (Lipinski definition) is 5. The number of hydrogen-bond donors (Lipinski definition) is 1. The molecule has 0 aromatic heterocycles. The molecule has 0 fully saturated rings. The van der Waals surface area contributed by atoms with Crippen molar-refractivity contribution in [2.75, 3.05) is 32.2 Å². The summed E-state index contributed by atoms with van der Waals surface area (Å²) in [4.78, 5) is 2.15. The average Bonchev–Trinajstić information content (AvgIpc) is 2.50. The lowest BCUT2D eigenvalue weighted by Gasteiger charge is -2.26. The maximum Gasteiger partial charge on any atom is 0.120 e. The van der Waals surface area contributed by atoms with Crippen LogP contribution in [-0.2, 0) is 0 Å². The fourth-order valence-electron chi connectivity index (χ4n) is 1.92. The van der Waals surface area contributed by atoms with Crippen molar-refractivity contribution in [1.29, 1.82) is 5.26 Å². The first kappa shape index (κ1) is 17.8. The highest BCUT2D eigenvalue weighted by molar-refractivity contribution is 7.98. The molecule has 1 rings (SSSR count). The number of nitrogens with zero attached hydrogens (tertiary/aromatic N) is 2. The molecule has 0 aliphatic heterocycles. The van der Waals surface area contributed by atoms with E-state index in [0.29, 0.717) is 23.9 Å². The molecule has 116 valence electrons. The SMILES string of the molecule is CSCCC(C)N(C)CC(O)COc1cccc(C#N)c1. The second kappa shape index (κ2) is 9.67. The van der Waals surface area contributed by atoms with E-state index in [1.54, 1.807) is 24.3 Å². The van der Waals surface area contributed by atoms with Gasteiger partial charge in [-0.25, -0.2) is 0 Å². The minimum atomic E-state index is -0.544. The van der Waals surface area contributed by atoms with Crippen LogP contribution in [0.3, 0.4) is 0 Å². The van der Waals surface area contributed by atoms with Crippen LogP contribution in [0.1, 0.15) is 18.9 Å². The van der Waals surface area contributed by atoms with E-state index in [0.717, 1.165) is 12.2 Å². The lowest BCUT2D eigenvalue weighted by Crippen LogP contribution is -2.38. The van der Waals surface area contributed by atoms with Crippen LogP contribution < -0.4 is 4.74 Å². The highest BCUT2D eigenvalue weighted by Crippen LogP contribution is 2.13. The molecule has 0 radical (unpaired) electrons. The summed E-state index contributed by atoms with van der Waals surface area (Å²) in [6.07, 6.45) is 2.66. The smallest absolute Gasteiger partial charge is 0.120 e. The molecule has 0 heterocycles. The number of aliphatic hydroxyl groups is 1. The number of thioether (sulfide) groups is 1. The van der Waals surface area contributed by atoms with Gasteiger partial charge < -0.3 is 14.7 Å². The standard InChI is InChI=1S/C16H24N2O2S/c1-13(7-8-21-3)18(2)11-15(19)12-20-16-6-4-5-14(9-16)10-17/h4-6,9,13,15,19H,7-8,11-12H2,1-3H3. The third kappa shape index (κ3) is 6.85. The molecule has 5 heteroatoms. The molecule has 0 bridgehead atoms. The van der Waals surface area contributed by atoms with Crippen LogP contribution in [0.15, 0.2) is 24.3 Å². The average molecular weight is 308 g/mol. The van der Waals surface area contributed by atoms with E-state index in [-0.39, 0.29) is 6.61 Å². The van der Waals surface area contributed by atoms with Gasteiger partial charge in [0.25, 0.3) is 0 Å². The van der Waals surface area contributed by atoms with Gasteiger partial charge in [-0.3, -0.25) is 0 Å². The van der Waals surface area contributed by atoms with E-state index in [1.807, 2.05) is 18.8 Å². The van der Waals surface area contributed by atoms with Gasteiger partial charge in [0.05, 0.1) is 11.6 Å². The fraction of sp³-hybridized carbons (Fsp3) is 0.562. The molecular weight excluding hydrogens is 284 g/mol. The molecule has 0 aliphatic rings. The van der Waals surface area contributed by atoms with Gasteiger partial charge in [0, 0.05) is 12.6 Å². The summed E-state index contributed by atoms with van der Waals surface area (Å²) >= 11 is 1.84. The minimum absolute atomic E-state index is 0.231. The number of benzene rings is 1. The van der Waals surface area contributed by atoms with Crippen LogP contribution in [0.5, 0.6) is 5.75 Å². The van der Waals surface area contributed by atoms with Gasteiger partial charge in [-0.1, -0.05) is 6.07 Å². The summed E-state index contributed by atoms with van der Waals surface area (Å²) < 4.78 is 5.54. The molecule has 1 aromatic carbocycles. The summed E-state index contributed by atoms with van der Waals surface area (Å²) in [7, 11) is 2.02. The first-order chi connectivity index (χ1) is 10.1. The summed E-state index contributed by atoms with van der Waals surface area (Å²) in [5, 5.41) is 18.9. The van der Waals surface area contributed by atoms with E-state index in [2.05, 4.69) is 24.1 Å². The predicted octanol–water partition coefficient (Wildman–Crippen LogP) is 2.37. The normalized spacial score (nSPS) is 13.7. The van der Waals surface area contributed by atoms with Crippen molar-refractivity contribution in [3.63, 3.8) is 0 Å². The second-order valence-electron chi connectivity index (χ2n) is 5.17. The molecule has 0 saturated carbocycles. The second-order valence-corrected chi connectivity index (χ2v) is 6.16. The van der Waals surface area contributed by atoms with Crippen LogP contribution in [0.25, 0.3) is 0 Å². The van der Waals surface area contributed by atoms with Gasteiger partial charge in [0.2, 0.25) is 0 Å². The lowest BCUT2D eigenvalue weighted by atomic mass is 10.2. The summed E-state index contributed by atoms with van der Waals surface area (Å²) in [5.74, 6) is 1.74. The maximum atomic E-state index is 10.0. The van der Waals surface area contributed by atoms with Gasteiger partial charge >= 0.3 is 0 Å². The van der Waals surface area contributed by atoms with Gasteiger partial charge in [-0.05, 0) is 50.6 Å². The zero-order chi connectivity index (χ0) is 15.7. The van der Waals surface area contributed by atoms with Gasteiger partial charge in [0.15, 0.2) is 0 Å². The lowest BCUT2D eigenvalue weighted by molar-refractivity contribution is 0.0651. The first-order valence-electron chi connectivity index (χ1n) is 7.07. The van der Waals surface area contributed by atoms with Crippen LogP contribution >= 0.6 is 11.8 Å². The number of nitriles is 1. The Morgan fingerprint density at radius 2 is 2.24 bits per heavy atom. The molecule has 0 saturated heterocycles. The summed E-state index contributed by atoms with van der Waals surface area (Å²) in [5.41, 5.74) is 0.560. The first-order valence-corrected chi connectivity index (χ1v) is 8.46. The Bertz CT molecular complexity index is 462. The van der Waals surface area contributed by atoms with Gasteiger partial charge in [-0.2, -0.15) is 17.0 Å². The van der Waals surface area contributed by atoms with E-state index < -0.39 is 6.10 Å². The quantitative estimate of drug-likeness (QED) is 0.759. The van der Waals surface area contributed by atoms with Crippen LogP contribution in [0, 0.1) is 11.3 Å². The van der Waals surface area contributed by atoms with E-state index in [1.165, 1.54) is 0 Å². The summed E-state index contributed by atoms with van der Waals surface area (Å²) in [6, 6.07) is 9.48. The van der Waals surface area contributed by atoms with Crippen molar-refractivity contribution in [2.45, 2.75) is 25.5 Å². The highest BCUT2D eigenvalue weighted by Gasteiger charge is 2.14. The van der Waals surface area contributed by atoms with Crippen molar-refractivity contribution < 1.29 is 9.84 Å². The maximum absolute atomic E-state index is 10.0. The van der Waals surface area contributed by atoms with Crippen molar-refractivity contribution in [2.24, 2.45) is 0 Å². The molecule has 21 heavy (non-hydrogen) atoms. The third-order valence-electron chi connectivity index (χ3n) is 3.40. The Morgan fingerprint density at radius 3 is 2.90 bits per heavy atom. The summed E-state index contributed by atoms with van der Waals surface area (Å²) in [6.45, 7) is 2.97. The topological polar surface area (TPSA) is 56.5 Å². The Hall–Kier alpha value is -1.22. The fourth-order valence-corrected chi connectivity index (χ4v) is 2.50. The molecule has 2 unspecified atom stereocenters. The van der Waals surface area contributed by atoms with Gasteiger partial charge in [-0.15, -0.1) is 0 Å². The molecule has 0 aliphatic carbocycles. The molecule has 0 amide bonds. The Kier molecular flexibility index (Phi) is 8.21. The largest absolute Gasteiger partial charge is 0.491 e. The molecule has 4 nitrogen and oxygen atoms in total. The van der Waals surface area contributed by atoms with Crippen LogP contribution in [0.2, 0.25) is 0 Å². The molecular formula is C16H24N2O2S. The molecule has 1 N–H and O–H groups in total. The number of aliphatic hydroxyl groups excluding tert-OH is 1. The monoisotopic (exact) mass is 308 g/mol. The van der Waals surface area contributed by atoms with Crippen molar-refractivity contribution in [3.05, 3.63) is 29.8 Å². The molecule has 1 aromatic rings. The van der Waals surface area contributed by atoms with Crippen molar-refractivity contribution in [3.8, 4) is 11.8 Å². The number of ether oxygens (including phenoxy) is 1. The predicted molar refractivity (Wildman–Crippen MR) is 87.7 cm³/mol. The third-order valence-corrected chi connectivity index (χ3v) is 4.04. The molecule has 2 atom stereocenters. The Morgan fingerprint density at radius 1 is 1.48 bits per heavy atom. The Balaban J connectivity index is 2.36. The number of rotatable bonds is 9. The van der Waals surface area contributed by atoms with E-state index >= 15 is 0 Å². The number of likely N-dealkylation sites (N-methyl/N-ethyl adjacent to an activating group) is 1.